The average molecular weight is 314 g/mol. The van der Waals surface area contributed by atoms with Crippen LogP contribution in [-0.4, -0.2) is 30.8 Å². The number of fused-ring (bicyclic) bond motifs is 2. The summed E-state index contributed by atoms with van der Waals surface area (Å²) in [4.78, 5) is 4.83. The molecule has 0 saturated carbocycles. The monoisotopic (exact) mass is 314 g/mol. The lowest BCUT2D eigenvalue weighted by Gasteiger charge is -2.43. The lowest BCUT2D eigenvalue weighted by Crippen LogP contribution is -2.46. The number of rotatable bonds is 5. The largest absolute Gasteiger partial charge is 0.633 e. The van der Waals surface area contributed by atoms with Crippen LogP contribution in [0.1, 0.15) is 13.8 Å². The normalized spacial score (nSPS) is 13.7. The first kappa shape index (κ1) is 15.4. The molecule has 4 heteroatoms. The maximum absolute atomic E-state index is 12.6. The predicted octanol–water partition coefficient (Wildman–Crippen LogP) is 4.64. The van der Waals surface area contributed by atoms with Crippen LogP contribution in [0.25, 0.3) is 0 Å². The molecule has 0 bridgehead atoms. The third-order valence-corrected chi connectivity index (χ3v) is 5.55. The molecule has 0 fully saturated rings. The smallest absolute Gasteiger partial charge is 0.0966 e. The van der Waals surface area contributed by atoms with E-state index in [1.165, 1.54) is 21.2 Å². The third kappa shape index (κ3) is 2.86. The number of likely N-dealkylation sites (N-methyl/N-ethyl adjacent to an activating group) is 1. The highest BCUT2D eigenvalue weighted by molar-refractivity contribution is 7.99. The van der Waals surface area contributed by atoms with E-state index in [0.717, 1.165) is 6.54 Å². The van der Waals surface area contributed by atoms with E-state index in [2.05, 4.69) is 53.4 Å². The Bertz CT molecular complexity index is 610. The molecule has 0 spiro atoms. The van der Waals surface area contributed by atoms with E-state index in [1.807, 2.05) is 13.8 Å². The van der Waals surface area contributed by atoms with Crippen molar-refractivity contribution >= 4 is 23.1 Å². The molecule has 0 aliphatic carbocycles. The summed E-state index contributed by atoms with van der Waals surface area (Å²) < 4.78 is -0.131. The van der Waals surface area contributed by atoms with E-state index in [9.17, 15) is 5.21 Å². The van der Waals surface area contributed by atoms with E-state index < -0.39 is 0 Å². The molecule has 2 aromatic rings. The van der Waals surface area contributed by atoms with E-state index in [4.69, 9.17) is 0 Å². The summed E-state index contributed by atoms with van der Waals surface area (Å²) in [5, 5.41) is 12.6. The summed E-state index contributed by atoms with van der Waals surface area (Å²) in [5.41, 5.74) is 2.43. The molecule has 2 aromatic carbocycles. The lowest BCUT2D eigenvalue weighted by atomic mass is 10.2. The van der Waals surface area contributed by atoms with Gasteiger partial charge in [-0.05, 0) is 38.1 Å². The quantitative estimate of drug-likeness (QED) is 0.594. The molecule has 0 amide bonds. The number of benzene rings is 2. The fourth-order valence-electron chi connectivity index (χ4n) is 2.84. The number of hydroxylamine groups is 3. The van der Waals surface area contributed by atoms with E-state index in [0.29, 0.717) is 19.6 Å². The second kappa shape index (κ2) is 6.32. The van der Waals surface area contributed by atoms with Crippen LogP contribution in [0.2, 0.25) is 0 Å². The van der Waals surface area contributed by atoms with E-state index in [1.54, 1.807) is 11.8 Å². The highest BCUT2D eigenvalue weighted by Crippen LogP contribution is 2.47. The topological polar surface area (TPSA) is 26.3 Å². The van der Waals surface area contributed by atoms with Gasteiger partial charge in [-0.2, -0.15) is 0 Å². The molecular weight excluding hydrogens is 292 g/mol. The molecule has 1 heterocycles. The first-order valence-electron chi connectivity index (χ1n) is 7.87. The van der Waals surface area contributed by atoms with Gasteiger partial charge >= 0.3 is 0 Å². The average Bonchev–Trinajstić information content (AvgIpc) is 2.58. The summed E-state index contributed by atoms with van der Waals surface area (Å²) in [6, 6.07) is 16.9. The summed E-state index contributed by atoms with van der Waals surface area (Å²) in [6.07, 6.45) is 0. The molecular formula is C18H22N2OS. The van der Waals surface area contributed by atoms with Crippen molar-refractivity contribution in [3.63, 3.8) is 0 Å². The summed E-state index contributed by atoms with van der Waals surface area (Å²) in [7, 11) is 0. The second-order valence-electron chi connectivity index (χ2n) is 5.60. The van der Waals surface area contributed by atoms with Gasteiger partial charge in [0, 0.05) is 9.79 Å². The third-order valence-electron chi connectivity index (χ3n) is 4.42. The zero-order chi connectivity index (χ0) is 15.6. The molecule has 0 atom stereocenters. The van der Waals surface area contributed by atoms with Crippen molar-refractivity contribution in [2.75, 3.05) is 31.1 Å². The Labute approximate surface area is 136 Å². The van der Waals surface area contributed by atoms with Gasteiger partial charge in [-0.3, -0.25) is 0 Å². The molecule has 0 saturated heterocycles. The van der Waals surface area contributed by atoms with Crippen LogP contribution in [0.15, 0.2) is 58.3 Å². The first-order chi connectivity index (χ1) is 10.7. The molecule has 1 aliphatic rings. The maximum atomic E-state index is 12.6. The van der Waals surface area contributed by atoms with Gasteiger partial charge in [0.2, 0.25) is 0 Å². The van der Waals surface area contributed by atoms with Crippen molar-refractivity contribution in [1.82, 2.24) is 0 Å². The van der Waals surface area contributed by atoms with Crippen molar-refractivity contribution in [3.8, 4) is 0 Å². The van der Waals surface area contributed by atoms with Crippen LogP contribution in [0.4, 0.5) is 11.4 Å². The first-order valence-corrected chi connectivity index (χ1v) is 8.69. The molecule has 1 aliphatic heterocycles. The fourth-order valence-corrected chi connectivity index (χ4v) is 3.94. The Morgan fingerprint density at radius 1 is 0.909 bits per heavy atom. The number of para-hydroxylation sites is 2. The van der Waals surface area contributed by atoms with Gasteiger partial charge in [-0.1, -0.05) is 36.0 Å². The van der Waals surface area contributed by atoms with Crippen LogP contribution in [0, 0.1) is 5.21 Å². The molecule has 116 valence electrons. The van der Waals surface area contributed by atoms with E-state index in [-0.39, 0.29) is 4.65 Å². The minimum Gasteiger partial charge on any atom is -0.633 e. The molecule has 0 radical (unpaired) electrons. The molecule has 0 unspecified atom stereocenters. The zero-order valence-corrected chi connectivity index (χ0v) is 14.0. The Hall–Kier alpha value is -1.49. The Balaban J connectivity index is 1.93. The van der Waals surface area contributed by atoms with Crippen molar-refractivity contribution in [1.29, 1.82) is 0 Å². The predicted molar refractivity (Wildman–Crippen MR) is 93.6 cm³/mol. The highest BCUT2D eigenvalue weighted by Gasteiger charge is 2.24. The lowest BCUT2D eigenvalue weighted by molar-refractivity contribution is -0.875. The SMILES string of the molecule is CC[N+]([O-])(CC)CCN1c2ccccc2Sc2ccccc21. The minimum atomic E-state index is -0.131. The molecule has 3 rings (SSSR count). The van der Waals surface area contributed by atoms with Gasteiger partial charge in [0.05, 0.1) is 37.6 Å². The molecule has 22 heavy (non-hydrogen) atoms. The Kier molecular flexibility index (Phi) is 4.43. The van der Waals surface area contributed by atoms with Crippen LogP contribution in [-0.2, 0) is 0 Å². The second-order valence-corrected chi connectivity index (χ2v) is 6.69. The zero-order valence-electron chi connectivity index (χ0n) is 13.2. The Morgan fingerprint density at radius 2 is 1.41 bits per heavy atom. The standard InChI is InChI=1S/C18H22N2OS/c1-3-20(21,4-2)14-13-19-15-9-5-7-11-17(15)22-18-12-8-6-10-16(18)19/h5-12H,3-4,13-14H2,1-2H3. The van der Waals surface area contributed by atoms with Gasteiger partial charge in [0.15, 0.2) is 0 Å². The van der Waals surface area contributed by atoms with Gasteiger partial charge in [-0.25, -0.2) is 0 Å². The molecule has 0 N–H and O–H groups in total. The van der Waals surface area contributed by atoms with Gasteiger partial charge < -0.3 is 14.8 Å². The van der Waals surface area contributed by atoms with Gasteiger partial charge in [0.25, 0.3) is 0 Å². The summed E-state index contributed by atoms with van der Waals surface area (Å²) >= 11 is 1.81. The highest BCUT2D eigenvalue weighted by atomic mass is 32.2. The number of hydrogen-bond acceptors (Lipinski definition) is 3. The van der Waals surface area contributed by atoms with Gasteiger partial charge in [0.1, 0.15) is 0 Å². The summed E-state index contributed by atoms with van der Waals surface area (Å²) in [5.74, 6) is 0. The molecule has 0 aromatic heterocycles. The molecule has 3 nitrogen and oxygen atoms in total. The van der Waals surface area contributed by atoms with Crippen molar-refractivity contribution < 1.29 is 4.65 Å². The van der Waals surface area contributed by atoms with Crippen molar-refractivity contribution in [2.24, 2.45) is 0 Å². The minimum absolute atomic E-state index is 0.131. The van der Waals surface area contributed by atoms with Crippen LogP contribution < -0.4 is 4.90 Å². The fraction of sp³-hybridized carbons (Fsp3) is 0.333. The van der Waals surface area contributed by atoms with Crippen LogP contribution in [0.5, 0.6) is 0 Å². The summed E-state index contributed by atoms with van der Waals surface area (Å²) in [6.45, 7) is 6.57. The number of quaternary nitrogens is 1. The van der Waals surface area contributed by atoms with Crippen molar-refractivity contribution in [2.45, 2.75) is 23.6 Å². The van der Waals surface area contributed by atoms with Gasteiger partial charge in [-0.15, -0.1) is 0 Å². The van der Waals surface area contributed by atoms with Crippen molar-refractivity contribution in [3.05, 3.63) is 53.7 Å². The number of hydrogen-bond donors (Lipinski definition) is 0. The number of anilines is 2. The maximum Gasteiger partial charge on any atom is 0.0966 e. The van der Waals surface area contributed by atoms with E-state index >= 15 is 0 Å². The number of nitrogens with zero attached hydrogens (tertiary/aromatic N) is 2. The van der Waals surface area contributed by atoms with Crippen LogP contribution >= 0.6 is 11.8 Å². The Morgan fingerprint density at radius 3 is 1.91 bits per heavy atom. The van der Waals surface area contributed by atoms with Crippen LogP contribution in [0.3, 0.4) is 0 Å².